The van der Waals surface area contributed by atoms with Crippen LogP contribution in [0.3, 0.4) is 0 Å². The highest BCUT2D eigenvalue weighted by molar-refractivity contribution is 5.67. The van der Waals surface area contributed by atoms with Crippen LogP contribution in [0.5, 0.6) is 0 Å². The first kappa shape index (κ1) is 13.4. The fourth-order valence-electron chi connectivity index (χ4n) is 1.11. The van der Waals surface area contributed by atoms with Gasteiger partial charge in [-0.05, 0) is 20.8 Å². The van der Waals surface area contributed by atoms with Gasteiger partial charge in [0.25, 0.3) is 0 Å². The summed E-state index contributed by atoms with van der Waals surface area (Å²) in [5.41, 5.74) is 0.0998. The highest BCUT2D eigenvalue weighted by atomic mass is 16.6. The zero-order valence-corrected chi connectivity index (χ0v) is 10.3. The van der Waals surface area contributed by atoms with Crippen LogP contribution in [0.1, 0.15) is 26.5 Å². The lowest BCUT2D eigenvalue weighted by Crippen LogP contribution is -2.32. The molecule has 1 heterocycles. The van der Waals surface area contributed by atoms with E-state index in [1.54, 1.807) is 27.0 Å². The summed E-state index contributed by atoms with van der Waals surface area (Å²) in [5.74, 6) is 0. The molecule has 7 nitrogen and oxygen atoms in total. The third kappa shape index (κ3) is 5.30. The largest absolute Gasteiger partial charge is 0.444 e. The number of carbonyl (C=O) groups excluding carboxylic acids is 1. The van der Waals surface area contributed by atoms with Gasteiger partial charge in [0, 0.05) is 0 Å². The van der Waals surface area contributed by atoms with E-state index in [1.807, 2.05) is 0 Å². The molecule has 0 aliphatic heterocycles. The number of aliphatic hydroxyl groups excluding tert-OH is 1. The van der Waals surface area contributed by atoms with Crippen molar-refractivity contribution in [3.63, 3.8) is 0 Å². The number of alkyl carbamates (subject to hydrolysis) is 1. The minimum atomic E-state index is -0.515. The molecule has 0 unspecified atom stereocenters. The summed E-state index contributed by atoms with van der Waals surface area (Å²) in [6.45, 7) is 6.03. The number of hydrogen-bond donors (Lipinski definition) is 2. The Hall–Kier alpha value is -1.63. The lowest BCUT2D eigenvalue weighted by molar-refractivity contribution is 0.0523. The van der Waals surface area contributed by atoms with Gasteiger partial charge < -0.3 is 15.2 Å². The Kier molecular flexibility index (Phi) is 4.45. The van der Waals surface area contributed by atoms with Crippen LogP contribution in [0.25, 0.3) is 0 Å². The Morgan fingerprint density at radius 2 is 2.29 bits per heavy atom. The molecular weight excluding hydrogens is 224 g/mol. The third-order valence-electron chi connectivity index (χ3n) is 1.73. The van der Waals surface area contributed by atoms with E-state index in [-0.39, 0.29) is 13.2 Å². The van der Waals surface area contributed by atoms with Crippen molar-refractivity contribution in [3.8, 4) is 0 Å². The van der Waals surface area contributed by atoms with Gasteiger partial charge in [-0.25, -0.2) is 9.48 Å². The summed E-state index contributed by atoms with van der Waals surface area (Å²) in [4.78, 5) is 11.3. The number of nitrogens with one attached hydrogen (secondary N) is 1. The molecule has 1 amide bonds. The fourth-order valence-corrected chi connectivity index (χ4v) is 1.11. The topological polar surface area (TPSA) is 89.3 Å². The fraction of sp³-hybridized carbons (Fsp3) is 0.700. The molecule has 0 aliphatic rings. The summed E-state index contributed by atoms with van der Waals surface area (Å²) in [6, 6.07) is 0. The number of amides is 1. The van der Waals surface area contributed by atoms with Crippen molar-refractivity contribution >= 4 is 6.09 Å². The van der Waals surface area contributed by atoms with Crippen LogP contribution >= 0.6 is 0 Å². The molecule has 0 aliphatic carbocycles. The third-order valence-corrected chi connectivity index (χ3v) is 1.73. The van der Waals surface area contributed by atoms with Gasteiger partial charge in [0.1, 0.15) is 11.3 Å². The smallest absolute Gasteiger partial charge is 0.407 e. The van der Waals surface area contributed by atoms with E-state index in [9.17, 15) is 4.79 Å². The summed E-state index contributed by atoms with van der Waals surface area (Å²) in [6.07, 6.45) is 1.17. The summed E-state index contributed by atoms with van der Waals surface area (Å²) < 4.78 is 6.57. The molecule has 0 saturated carbocycles. The average Bonchev–Trinajstić information content (AvgIpc) is 2.61. The van der Waals surface area contributed by atoms with E-state index in [0.717, 1.165) is 0 Å². The van der Waals surface area contributed by atoms with Gasteiger partial charge in [-0.3, -0.25) is 0 Å². The first-order chi connectivity index (χ1) is 7.90. The molecule has 0 radical (unpaired) electrons. The molecule has 1 aromatic rings. The second-order valence-electron chi connectivity index (χ2n) is 4.55. The second-order valence-corrected chi connectivity index (χ2v) is 4.55. The molecule has 0 atom stereocenters. The Morgan fingerprint density at radius 1 is 1.59 bits per heavy atom. The molecule has 2 N–H and O–H groups in total. The predicted molar refractivity (Wildman–Crippen MR) is 60.2 cm³/mol. The normalized spacial score (nSPS) is 11.3. The van der Waals surface area contributed by atoms with E-state index in [2.05, 4.69) is 15.6 Å². The van der Waals surface area contributed by atoms with Crippen molar-refractivity contribution in [1.82, 2.24) is 20.3 Å². The van der Waals surface area contributed by atoms with Crippen LogP contribution in [0.4, 0.5) is 4.79 Å². The minimum absolute atomic E-state index is 0.00228. The van der Waals surface area contributed by atoms with Crippen molar-refractivity contribution in [2.24, 2.45) is 0 Å². The number of aliphatic hydroxyl groups is 1. The van der Waals surface area contributed by atoms with Gasteiger partial charge >= 0.3 is 6.09 Å². The van der Waals surface area contributed by atoms with Crippen molar-refractivity contribution in [1.29, 1.82) is 0 Å². The summed E-state index contributed by atoms with van der Waals surface area (Å²) >= 11 is 0. The van der Waals surface area contributed by atoms with Gasteiger partial charge in [0.15, 0.2) is 0 Å². The lowest BCUT2D eigenvalue weighted by atomic mass is 10.2. The van der Waals surface area contributed by atoms with Gasteiger partial charge in [-0.2, -0.15) is 0 Å². The molecule has 0 saturated heterocycles. The standard InChI is InChI=1S/C10H18N4O3/c1-10(2,3)17-9(16)11-6-8-7-14(4-5-15)13-12-8/h7,15H,4-6H2,1-3H3,(H,11,16). The molecule has 1 aromatic heterocycles. The average molecular weight is 242 g/mol. The van der Waals surface area contributed by atoms with E-state index < -0.39 is 11.7 Å². The molecule has 7 heteroatoms. The van der Waals surface area contributed by atoms with Gasteiger partial charge in [-0.1, -0.05) is 5.21 Å². The molecule has 17 heavy (non-hydrogen) atoms. The Balaban J connectivity index is 2.37. The van der Waals surface area contributed by atoms with Crippen LogP contribution in [0.15, 0.2) is 6.20 Å². The number of ether oxygens (including phenoxy) is 1. The van der Waals surface area contributed by atoms with Gasteiger partial charge in [-0.15, -0.1) is 5.10 Å². The highest BCUT2D eigenvalue weighted by Gasteiger charge is 2.15. The maximum absolute atomic E-state index is 11.3. The number of hydrogen-bond acceptors (Lipinski definition) is 5. The highest BCUT2D eigenvalue weighted by Crippen LogP contribution is 2.06. The van der Waals surface area contributed by atoms with Crippen LogP contribution < -0.4 is 5.32 Å². The van der Waals surface area contributed by atoms with E-state index in [4.69, 9.17) is 9.84 Å². The maximum Gasteiger partial charge on any atom is 0.407 e. The second kappa shape index (κ2) is 5.62. The number of rotatable bonds is 4. The molecule has 0 fully saturated rings. The molecule has 1 rings (SSSR count). The van der Waals surface area contributed by atoms with Crippen LogP contribution in [0.2, 0.25) is 0 Å². The number of carbonyl (C=O) groups is 1. The Bertz CT molecular complexity index is 370. The predicted octanol–water partition coefficient (Wildman–Crippen LogP) is 0.295. The molecule has 96 valence electrons. The first-order valence-corrected chi connectivity index (χ1v) is 5.37. The van der Waals surface area contributed by atoms with Crippen LogP contribution in [-0.2, 0) is 17.8 Å². The van der Waals surface area contributed by atoms with Crippen molar-refractivity contribution in [2.45, 2.75) is 39.5 Å². The Labute approximate surface area is 99.8 Å². The zero-order chi connectivity index (χ0) is 12.9. The molecule has 0 aromatic carbocycles. The lowest BCUT2D eigenvalue weighted by Gasteiger charge is -2.19. The number of aromatic nitrogens is 3. The molecule has 0 spiro atoms. The number of nitrogens with zero attached hydrogens (tertiary/aromatic N) is 3. The van der Waals surface area contributed by atoms with Gasteiger partial charge in [0.2, 0.25) is 0 Å². The van der Waals surface area contributed by atoms with E-state index in [0.29, 0.717) is 12.2 Å². The zero-order valence-electron chi connectivity index (χ0n) is 10.3. The monoisotopic (exact) mass is 242 g/mol. The van der Waals surface area contributed by atoms with Crippen LogP contribution in [0, 0.1) is 0 Å². The van der Waals surface area contributed by atoms with E-state index >= 15 is 0 Å². The SMILES string of the molecule is CC(C)(C)OC(=O)NCc1cn(CCO)nn1. The quantitative estimate of drug-likeness (QED) is 0.792. The van der Waals surface area contributed by atoms with Crippen molar-refractivity contribution < 1.29 is 14.6 Å². The summed E-state index contributed by atoms with van der Waals surface area (Å²) in [5, 5.41) is 18.9. The molecular formula is C10H18N4O3. The van der Waals surface area contributed by atoms with Crippen molar-refractivity contribution in [3.05, 3.63) is 11.9 Å². The van der Waals surface area contributed by atoms with Crippen molar-refractivity contribution in [2.75, 3.05) is 6.61 Å². The maximum atomic E-state index is 11.3. The van der Waals surface area contributed by atoms with Gasteiger partial charge in [0.05, 0.1) is 25.9 Å². The molecule has 0 bridgehead atoms. The van der Waals surface area contributed by atoms with E-state index in [1.165, 1.54) is 4.68 Å². The van der Waals surface area contributed by atoms with Crippen LogP contribution in [-0.4, -0.2) is 38.4 Å². The Morgan fingerprint density at radius 3 is 2.88 bits per heavy atom. The first-order valence-electron chi connectivity index (χ1n) is 5.37. The summed E-state index contributed by atoms with van der Waals surface area (Å²) in [7, 11) is 0. The minimum Gasteiger partial charge on any atom is -0.444 e.